The molecule has 2 aromatic rings. The number of nitrogens with one attached hydrogen (secondary N) is 1. The van der Waals surface area contributed by atoms with E-state index in [1.807, 2.05) is 19.2 Å². The third-order valence-corrected chi connectivity index (χ3v) is 7.37. The molecular formula is C25H37N5O2. The number of carbonyl (C=O) groups is 1. The van der Waals surface area contributed by atoms with Gasteiger partial charge in [-0.25, -0.2) is 0 Å². The van der Waals surface area contributed by atoms with E-state index in [1.165, 1.54) is 5.56 Å². The van der Waals surface area contributed by atoms with Gasteiger partial charge < -0.3 is 15.3 Å². The highest BCUT2D eigenvalue weighted by atomic mass is 16.3. The summed E-state index contributed by atoms with van der Waals surface area (Å²) < 4.78 is 1.68. The second kappa shape index (κ2) is 10.1. The average Bonchev–Trinajstić information content (AvgIpc) is 3.12. The van der Waals surface area contributed by atoms with Crippen molar-refractivity contribution in [3.8, 4) is 0 Å². The predicted molar refractivity (Wildman–Crippen MR) is 125 cm³/mol. The first-order chi connectivity index (χ1) is 15.4. The van der Waals surface area contributed by atoms with E-state index in [9.17, 15) is 9.90 Å². The first kappa shape index (κ1) is 23.0. The molecule has 0 unspecified atom stereocenters. The van der Waals surface area contributed by atoms with E-state index in [-0.39, 0.29) is 30.0 Å². The van der Waals surface area contributed by atoms with Crippen LogP contribution in [-0.2, 0) is 16.8 Å². The minimum absolute atomic E-state index is 0.0242. The highest BCUT2D eigenvalue weighted by molar-refractivity contribution is 5.75. The van der Waals surface area contributed by atoms with Gasteiger partial charge in [-0.2, -0.15) is 5.10 Å². The van der Waals surface area contributed by atoms with Gasteiger partial charge in [0.25, 0.3) is 0 Å². The smallest absolute Gasteiger partial charge is 0.241 e. The van der Waals surface area contributed by atoms with Crippen molar-refractivity contribution < 1.29 is 9.90 Å². The summed E-state index contributed by atoms with van der Waals surface area (Å²) in [4.78, 5) is 17.5. The molecule has 2 N–H and O–H groups in total. The van der Waals surface area contributed by atoms with E-state index in [4.69, 9.17) is 0 Å². The number of aryl methyl sites for hydroxylation is 1. The summed E-state index contributed by atoms with van der Waals surface area (Å²) in [6.45, 7) is 6.90. The second-order valence-electron chi connectivity index (χ2n) is 9.69. The van der Waals surface area contributed by atoms with Gasteiger partial charge in [-0.15, -0.1) is 0 Å². The number of aliphatic hydroxyl groups excluding tert-OH is 1. The summed E-state index contributed by atoms with van der Waals surface area (Å²) in [6, 6.07) is 10.7. The zero-order valence-electron chi connectivity index (χ0n) is 19.4. The van der Waals surface area contributed by atoms with Crippen molar-refractivity contribution in [3.63, 3.8) is 0 Å². The Labute approximate surface area is 191 Å². The molecular weight excluding hydrogens is 402 g/mol. The molecule has 0 spiro atoms. The Hall–Kier alpha value is -2.22. The molecule has 174 valence electrons. The highest BCUT2D eigenvalue weighted by Gasteiger charge is 2.40. The van der Waals surface area contributed by atoms with Gasteiger partial charge >= 0.3 is 0 Å². The fourth-order valence-electron chi connectivity index (χ4n) is 5.32. The fourth-order valence-corrected chi connectivity index (χ4v) is 5.32. The van der Waals surface area contributed by atoms with E-state index in [0.29, 0.717) is 6.54 Å². The van der Waals surface area contributed by atoms with E-state index in [2.05, 4.69) is 51.5 Å². The molecule has 0 bridgehead atoms. The molecule has 3 atom stereocenters. The molecule has 1 aromatic carbocycles. The van der Waals surface area contributed by atoms with Crippen molar-refractivity contribution in [1.29, 1.82) is 0 Å². The van der Waals surface area contributed by atoms with Gasteiger partial charge in [0, 0.05) is 50.4 Å². The van der Waals surface area contributed by atoms with Gasteiger partial charge in [0.05, 0.1) is 12.3 Å². The van der Waals surface area contributed by atoms with Crippen LogP contribution in [0.4, 0.5) is 0 Å². The summed E-state index contributed by atoms with van der Waals surface area (Å²) in [6.07, 6.45) is 6.83. The largest absolute Gasteiger partial charge is 0.391 e. The maximum atomic E-state index is 12.7. The molecule has 1 aliphatic heterocycles. The van der Waals surface area contributed by atoms with Gasteiger partial charge in [0.1, 0.15) is 6.54 Å². The molecule has 7 heteroatoms. The first-order valence-electron chi connectivity index (χ1n) is 11.9. The number of benzene rings is 1. The van der Waals surface area contributed by atoms with Crippen LogP contribution in [0, 0.1) is 6.92 Å². The molecule has 7 nitrogen and oxygen atoms in total. The van der Waals surface area contributed by atoms with Crippen LogP contribution in [0.25, 0.3) is 0 Å². The van der Waals surface area contributed by atoms with Gasteiger partial charge in [-0.1, -0.05) is 30.3 Å². The molecule has 1 aliphatic carbocycles. The van der Waals surface area contributed by atoms with Crippen molar-refractivity contribution in [2.24, 2.45) is 0 Å². The summed E-state index contributed by atoms with van der Waals surface area (Å²) in [5.74, 6) is -0.0242. The number of carbonyl (C=O) groups excluding carboxylic acids is 1. The van der Waals surface area contributed by atoms with Gasteiger partial charge in [-0.05, 0) is 50.8 Å². The number of likely N-dealkylation sites (N-methyl/N-ethyl adjacent to an activating group) is 1. The fraction of sp³-hybridized carbons (Fsp3) is 0.600. The highest BCUT2D eigenvalue weighted by Crippen LogP contribution is 2.39. The molecule has 2 fully saturated rings. The second-order valence-corrected chi connectivity index (χ2v) is 9.69. The van der Waals surface area contributed by atoms with Crippen LogP contribution in [-0.4, -0.2) is 82.5 Å². The van der Waals surface area contributed by atoms with Crippen LogP contribution < -0.4 is 5.32 Å². The number of amides is 1. The standard InChI is InChI=1S/C25H37N5O2/c1-20-16-27-30(17-20)18-24(32)26-19-25(21-6-4-3-5-7-21)10-8-22(23(31)9-11-25)29-14-12-28(2)13-15-29/h3-7,16-17,22-23,31H,8-15,18-19H2,1-2H3,(H,26,32)/t22-,23-,25-/m0/s1. The maximum absolute atomic E-state index is 12.7. The average molecular weight is 440 g/mol. The minimum atomic E-state index is -0.327. The van der Waals surface area contributed by atoms with Crippen molar-refractivity contribution in [3.05, 3.63) is 53.9 Å². The molecule has 2 heterocycles. The zero-order valence-corrected chi connectivity index (χ0v) is 19.4. The number of aliphatic hydroxyl groups is 1. The summed E-state index contributed by atoms with van der Waals surface area (Å²) >= 11 is 0. The van der Waals surface area contributed by atoms with Gasteiger partial charge in [0.2, 0.25) is 5.91 Å². The Kier molecular flexibility index (Phi) is 7.28. The number of piperazine rings is 1. The first-order valence-corrected chi connectivity index (χ1v) is 11.9. The van der Waals surface area contributed by atoms with Crippen LogP contribution >= 0.6 is 0 Å². The SMILES string of the molecule is Cc1cnn(CC(=O)NC[C@@]2(c3ccccc3)CC[C@H](O)[C@@H](N3CCN(C)CC3)CC2)c1. The Morgan fingerprint density at radius 3 is 2.56 bits per heavy atom. The number of hydrogen-bond acceptors (Lipinski definition) is 5. The van der Waals surface area contributed by atoms with Crippen molar-refractivity contribution in [2.45, 2.75) is 56.7 Å². The van der Waals surface area contributed by atoms with Crippen LogP contribution in [0.5, 0.6) is 0 Å². The topological polar surface area (TPSA) is 73.6 Å². The van der Waals surface area contributed by atoms with Crippen molar-refractivity contribution in [2.75, 3.05) is 39.8 Å². The number of nitrogens with zero attached hydrogens (tertiary/aromatic N) is 4. The lowest BCUT2D eigenvalue weighted by Gasteiger charge is -2.39. The Morgan fingerprint density at radius 1 is 1.16 bits per heavy atom. The number of rotatable bonds is 6. The lowest BCUT2D eigenvalue weighted by molar-refractivity contribution is -0.122. The number of hydrogen-bond donors (Lipinski definition) is 2. The Morgan fingerprint density at radius 2 is 1.88 bits per heavy atom. The lowest BCUT2D eigenvalue weighted by atomic mass is 9.74. The molecule has 32 heavy (non-hydrogen) atoms. The molecule has 1 amide bonds. The van der Waals surface area contributed by atoms with Crippen LogP contribution in [0.1, 0.15) is 36.8 Å². The van der Waals surface area contributed by atoms with Gasteiger partial charge in [-0.3, -0.25) is 14.4 Å². The molecule has 4 rings (SSSR count). The predicted octanol–water partition coefficient (Wildman–Crippen LogP) is 1.80. The molecule has 0 radical (unpaired) electrons. The quantitative estimate of drug-likeness (QED) is 0.672. The van der Waals surface area contributed by atoms with E-state index in [1.54, 1.807) is 10.9 Å². The van der Waals surface area contributed by atoms with E-state index < -0.39 is 0 Å². The normalized spacial score (nSPS) is 27.7. The number of aromatic nitrogens is 2. The van der Waals surface area contributed by atoms with Gasteiger partial charge in [0.15, 0.2) is 0 Å². The molecule has 1 saturated carbocycles. The lowest BCUT2D eigenvalue weighted by Crippen LogP contribution is -2.52. The monoisotopic (exact) mass is 439 g/mol. The van der Waals surface area contributed by atoms with E-state index in [0.717, 1.165) is 57.4 Å². The summed E-state index contributed by atoms with van der Waals surface area (Å²) in [5.41, 5.74) is 2.13. The summed E-state index contributed by atoms with van der Waals surface area (Å²) in [5, 5.41) is 18.5. The minimum Gasteiger partial charge on any atom is -0.391 e. The van der Waals surface area contributed by atoms with Crippen LogP contribution in [0.3, 0.4) is 0 Å². The van der Waals surface area contributed by atoms with Crippen molar-refractivity contribution in [1.82, 2.24) is 24.9 Å². The molecule has 1 saturated heterocycles. The Bertz CT molecular complexity index is 877. The van der Waals surface area contributed by atoms with Crippen molar-refractivity contribution >= 4 is 5.91 Å². The zero-order chi connectivity index (χ0) is 22.6. The molecule has 1 aromatic heterocycles. The Balaban J connectivity index is 1.47. The third kappa shape index (κ3) is 5.39. The third-order valence-electron chi connectivity index (χ3n) is 7.37. The van der Waals surface area contributed by atoms with Crippen LogP contribution in [0.15, 0.2) is 42.7 Å². The maximum Gasteiger partial charge on any atom is 0.241 e. The summed E-state index contributed by atoms with van der Waals surface area (Å²) in [7, 11) is 2.16. The van der Waals surface area contributed by atoms with Crippen LogP contribution in [0.2, 0.25) is 0 Å². The molecule has 2 aliphatic rings. The van der Waals surface area contributed by atoms with E-state index >= 15 is 0 Å².